The molecule has 3 aromatic rings. The van der Waals surface area contributed by atoms with Crippen LogP contribution in [-0.4, -0.2) is 18.1 Å². The molecule has 0 spiro atoms. The summed E-state index contributed by atoms with van der Waals surface area (Å²) >= 11 is 0. The Kier molecular flexibility index (Phi) is 5.95. The molecule has 3 heteroatoms. The molecule has 3 nitrogen and oxygen atoms in total. The molecule has 3 rings (SSSR count). The molecule has 0 heterocycles. The maximum atomic E-state index is 10.2. The Balaban J connectivity index is 0.000000185. The highest BCUT2D eigenvalue weighted by molar-refractivity contribution is 5.87. The number of hydrogen-bond donors (Lipinski definition) is 1. The van der Waals surface area contributed by atoms with Gasteiger partial charge in [-0.25, -0.2) is 4.79 Å². The summed E-state index contributed by atoms with van der Waals surface area (Å²) in [5.74, 6) is -0.879. The first-order valence-corrected chi connectivity index (χ1v) is 7.30. The van der Waals surface area contributed by atoms with Gasteiger partial charge in [0.25, 0.3) is 0 Å². The van der Waals surface area contributed by atoms with Crippen LogP contribution in [0, 0.1) is 0 Å². The van der Waals surface area contributed by atoms with Gasteiger partial charge >= 0.3 is 5.97 Å². The van der Waals surface area contributed by atoms with Gasteiger partial charge in [-0.1, -0.05) is 54.6 Å². The van der Waals surface area contributed by atoms with Crippen molar-refractivity contribution in [1.29, 1.82) is 0 Å². The summed E-state index contributed by atoms with van der Waals surface area (Å²) in [5.41, 5.74) is 2.75. The Hall–Kier alpha value is -3.07. The quantitative estimate of drug-likeness (QED) is 0.752. The molecule has 0 unspecified atom stereocenters. The number of aromatic carboxylic acids is 1. The normalized spacial score (nSPS) is 9.43. The highest BCUT2D eigenvalue weighted by atomic mass is 16.4. The molecule has 0 aliphatic rings. The Bertz CT molecular complexity index is 673. The van der Waals surface area contributed by atoms with E-state index in [2.05, 4.69) is 60.5 Å². The third-order valence-corrected chi connectivity index (χ3v) is 3.31. The van der Waals surface area contributed by atoms with Crippen LogP contribution in [0.1, 0.15) is 10.4 Å². The molecule has 0 atom stereocenters. The molecule has 0 amide bonds. The first kappa shape index (κ1) is 16.3. The summed E-state index contributed by atoms with van der Waals surface area (Å²) in [6.45, 7) is 0. The van der Waals surface area contributed by atoms with Crippen molar-refractivity contribution in [1.82, 2.24) is 0 Å². The number of nitrogens with zero attached hydrogens (tertiary/aromatic N) is 1. The summed E-state index contributed by atoms with van der Waals surface area (Å²) < 4.78 is 0. The molecular weight excluding hydrogens is 286 g/mol. The first-order chi connectivity index (χ1) is 11.2. The van der Waals surface area contributed by atoms with E-state index >= 15 is 0 Å². The Morgan fingerprint density at radius 2 is 1.04 bits per heavy atom. The van der Waals surface area contributed by atoms with Gasteiger partial charge in [0.1, 0.15) is 0 Å². The van der Waals surface area contributed by atoms with Gasteiger partial charge in [0.2, 0.25) is 0 Å². The molecule has 116 valence electrons. The average molecular weight is 305 g/mol. The van der Waals surface area contributed by atoms with Crippen LogP contribution in [0.2, 0.25) is 0 Å². The zero-order valence-corrected chi connectivity index (χ0v) is 13.0. The summed E-state index contributed by atoms with van der Waals surface area (Å²) in [4.78, 5) is 12.4. The molecule has 0 aromatic heterocycles. The largest absolute Gasteiger partial charge is 0.478 e. The van der Waals surface area contributed by atoms with E-state index in [1.165, 1.54) is 11.4 Å². The number of hydrogen-bond acceptors (Lipinski definition) is 2. The molecule has 0 saturated carbocycles. The van der Waals surface area contributed by atoms with Gasteiger partial charge in [-0.05, 0) is 36.4 Å². The lowest BCUT2D eigenvalue weighted by Gasteiger charge is -2.18. The van der Waals surface area contributed by atoms with E-state index in [1.54, 1.807) is 30.3 Å². The molecule has 0 fully saturated rings. The van der Waals surface area contributed by atoms with Crippen molar-refractivity contribution in [3.8, 4) is 0 Å². The van der Waals surface area contributed by atoms with Crippen molar-refractivity contribution >= 4 is 17.3 Å². The van der Waals surface area contributed by atoms with E-state index in [0.29, 0.717) is 5.56 Å². The van der Waals surface area contributed by atoms with Crippen molar-refractivity contribution in [2.45, 2.75) is 0 Å². The van der Waals surface area contributed by atoms with Gasteiger partial charge in [0.15, 0.2) is 0 Å². The zero-order valence-electron chi connectivity index (χ0n) is 13.0. The van der Waals surface area contributed by atoms with Crippen molar-refractivity contribution in [2.75, 3.05) is 11.9 Å². The number of carboxylic acids is 1. The molecule has 0 aliphatic carbocycles. The smallest absolute Gasteiger partial charge is 0.335 e. The molecule has 0 saturated heterocycles. The lowest BCUT2D eigenvalue weighted by molar-refractivity contribution is 0.0697. The SMILES string of the molecule is CN(c1ccccc1)c1ccccc1.O=C(O)c1ccccc1. The second-order valence-electron chi connectivity index (χ2n) is 4.90. The minimum absolute atomic E-state index is 0.331. The minimum Gasteiger partial charge on any atom is -0.478 e. The highest BCUT2D eigenvalue weighted by Gasteiger charge is 2.00. The van der Waals surface area contributed by atoms with E-state index in [1.807, 2.05) is 12.1 Å². The summed E-state index contributed by atoms with van der Waals surface area (Å²) in [6.07, 6.45) is 0. The van der Waals surface area contributed by atoms with Crippen molar-refractivity contribution < 1.29 is 9.90 Å². The number of para-hydroxylation sites is 2. The Morgan fingerprint density at radius 1 is 0.696 bits per heavy atom. The van der Waals surface area contributed by atoms with Crippen LogP contribution in [0.25, 0.3) is 0 Å². The van der Waals surface area contributed by atoms with E-state index < -0.39 is 5.97 Å². The van der Waals surface area contributed by atoms with Crippen molar-refractivity contribution in [3.05, 3.63) is 96.6 Å². The number of carbonyl (C=O) groups is 1. The van der Waals surface area contributed by atoms with Gasteiger partial charge in [-0.2, -0.15) is 0 Å². The van der Waals surface area contributed by atoms with Crippen LogP contribution >= 0.6 is 0 Å². The summed E-state index contributed by atoms with van der Waals surface area (Å²) in [5, 5.41) is 8.38. The van der Waals surface area contributed by atoms with E-state index in [0.717, 1.165) is 0 Å². The summed E-state index contributed by atoms with van der Waals surface area (Å²) in [7, 11) is 2.07. The number of rotatable bonds is 3. The van der Waals surface area contributed by atoms with Crippen LogP contribution in [0.4, 0.5) is 11.4 Å². The van der Waals surface area contributed by atoms with Crippen LogP contribution in [0.15, 0.2) is 91.0 Å². The van der Waals surface area contributed by atoms with Gasteiger partial charge in [0.05, 0.1) is 5.56 Å². The molecule has 3 aromatic carbocycles. The molecule has 0 radical (unpaired) electrons. The van der Waals surface area contributed by atoms with Crippen LogP contribution in [0.3, 0.4) is 0 Å². The predicted molar refractivity (Wildman–Crippen MR) is 94.3 cm³/mol. The standard InChI is InChI=1S/C13H13N.C7H6O2/c1-14(12-8-4-2-5-9-12)13-10-6-3-7-11-13;8-7(9)6-4-2-1-3-5-6/h2-11H,1H3;1-5H,(H,8,9). The second-order valence-corrected chi connectivity index (χ2v) is 4.90. The van der Waals surface area contributed by atoms with E-state index in [-0.39, 0.29) is 0 Å². The fraction of sp³-hybridized carbons (Fsp3) is 0.0500. The number of anilines is 2. The average Bonchev–Trinajstić information content (AvgIpc) is 2.64. The first-order valence-electron chi connectivity index (χ1n) is 7.30. The predicted octanol–water partition coefficient (Wildman–Crippen LogP) is 4.84. The number of benzene rings is 3. The van der Waals surface area contributed by atoms with Gasteiger partial charge in [0, 0.05) is 18.4 Å². The second kappa shape index (κ2) is 8.39. The fourth-order valence-corrected chi connectivity index (χ4v) is 2.03. The van der Waals surface area contributed by atoms with Gasteiger partial charge in [-0.15, -0.1) is 0 Å². The Labute approximate surface area is 136 Å². The van der Waals surface area contributed by atoms with E-state index in [4.69, 9.17) is 5.11 Å². The lowest BCUT2D eigenvalue weighted by atomic mass is 10.2. The number of carboxylic acid groups (broad SMARTS) is 1. The fourth-order valence-electron chi connectivity index (χ4n) is 2.03. The zero-order chi connectivity index (χ0) is 16.5. The lowest BCUT2D eigenvalue weighted by Crippen LogP contribution is -2.08. The van der Waals surface area contributed by atoms with Gasteiger partial charge in [-0.3, -0.25) is 0 Å². The molecule has 23 heavy (non-hydrogen) atoms. The minimum atomic E-state index is -0.879. The van der Waals surface area contributed by atoms with E-state index in [9.17, 15) is 4.79 Å². The topological polar surface area (TPSA) is 40.5 Å². The van der Waals surface area contributed by atoms with Crippen molar-refractivity contribution in [2.24, 2.45) is 0 Å². The van der Waals surface area contributed by atoms with Crippen LogP contribution in [-0.2, 0) is 0 Å². The van der Waals surface area contributed by atoms with Crippen LogP contribution in [0.5, 0.6) is 0 Å². The molecule has 1 N–H and O–H groups in total. The van der Waals surface area contributed by atoms with Crippen LogP contribution < -0.4 is 4.90 Å². The monoisotopic (exact) mass is 305 g/mol. The van der Waals surface area contributed by atoms with Gasteiger partial charge < -0.3 is 10.0 Å². The summed E-state index contributed by atoms with van der Waals surface area (Å²) in [6, 6.07) is 29.0. The molecule has 0 aliphatic heterocycles. The highest BCUT2D eigenvalue weighted by Crippen LogP contribution is 2.21. The third kappa shape index (κ3) is 5.00. The maximum absolute atomic E-state index is 10.2. The Morgan fingerprint density at radius 3 is 1.35 bits per heavy atom. The molecular formula is C20H19NO2. The van der Waals surface area contributed by atoms with Crippen molar-refractivity contribution in [3.63, 3.8) is 0 Å². The third-order valence-electron chi connectivity index (χ3n) is 3.31. The maximum Gasteiger partial charge on any atom is 0.335 e. The molecule has 0 bridgehead atoms.